The highest BCUT2D eigenvalue weighted by Crippen LogP contribution is 2.24. The number of hydrogen-bond acceptors (Lipinski definition) is 3. The molecule has 124 valence electrons. The highest BCUT2D eigenvalue weighted by atomic mass is 16.2. The lowest BCUT2D eigenvalue weighted by Crippen LogP contribution is -2.43. The molecule has 5 nitrogen and oxygen atoms in total. The Kier molecular flexibility index (Phi) is 4.62. The molecule has 5 heteroatoms. The number of nitrogens with two attached hydrogens (primary N) is 1. The van der Waals surface area contributed by atoms with Gasteiger partial charge < -0.3 is 15.5 Å². The fourth-order valence-corrected chi connectivity index (χ4v) is 3.02. The van der Waals surface area contributed by atoms with E-state index >= 15 is 0 Å². The number of nitrogens with zero attached hydrogens (tertiary/aromatic N) is 2. The first-order chi connectivity index (χ1) is 11.6. The Bertz CT molecular complexity index is 728. The Morgan fingerprint density at radius 3 is 2.46 bits per heavy atom. The van der Waals surface area contributed by atoms with Crippen LogP contribution in [0.25, 0.3) is 0 Å². The van der Waals surface area contributed by atoms with Gasteiger partial charge in [0.25, 0.3) is 5.91 Å². The fraction of sp³-hybridized carbons (Fsp3) is 0.263. The summed E-state index contributed by atoms with van der Waals surface area (Å²) < 4.78 is 0. The molecule has 0 spiro atoms. The van der Waals surface area contributed by atoms with Crippen LogP contribution in [0.4, 0.5) is 5.69 Å². The second-order valence-electron chi connectivity index (χ2n) is 5.95. The molecule has 24 heavy (non-hydrogen) atoms. The van der Waals surface area contributed by atoms with E-state index in [1.165, 1.54) is 0 Å². The van der Waals surface area contributed by atoms with Crippen molar-refractivity contribution in [1.82, 2.24) is 4.90 Å². The minimum absolute atomic E-state index is 0.0318. The normalized spacial score (nSPS) is 17.2. The molecule has 3 rings (SSSR count). The predicted octanol–water partition coefficient (Wildman–Crippen LogP) is 2.02. The third-order valence-electron chi connectivity index (χ3n) is 4.47. The van der Waals surface area contributed by atoms with Crippen LogP contribution in [0.15, 0.2) is 54.6 Å². The summed E-state index contributed by atoms with van der Waals surface area (Å²) in [4.78, 5) is 28.6. The number of para-hydroxylation sites is 1. The number of carbonyl (C=O) groups is 2. The van der Waals surface area contributed by atoms with E-state index in [1.54, 1.807) is 29.0 Å². The molecule has 0 radical (unpaired) electrons. The first kappa shape index (κ1) is 16.2. The lowest BCUT2D eigenvalue weighted by atomic mass is 10.1. The minimum Gasteiger partial charge on any atom is -0.330 e. The molecule has 2 N–H and O–H groups in total. The maximum atomic E-state index is 12.7. The van der Waals surface area contributed by atoms with Gasteiger partial charge in [-0.1, -0.05) is 30.3 Å². The lowest BCUT2D eigenvalue weighted by molar-refractivity contribution is -0.120. The van der Waals surface area contributed by atoms with Crippen molar-refractivity contribution in [2.45, 2.75) is 19.0 Å². The standard InChI is InChI=1S/C19H21N3O2/c1-21(18(23)15-9-7-14(13-20)8-10-15)17-11-12-22(19(17)24)16-5-3-2-4-6-16/h2-10,17H,11-13,20H2,1H3. The molecule has 0 bridgehead atoms. The molecule has 1 atom stereocenters. The van der Waals surface area contributed by atoms with Gasteiger partial charge in [-0.15, -0.1) is 0 Å². The summed E-state index contributed by atoms with van der Waals surface area (Å²) in [7, 11) is 1.69. The number of likely N-dealkylation sites (N-methyl/N-ethyl adjacent to an activating group) is 1. The van der Waals surface area contributed by atoms with Gasteiger partial charge in [-0.3, -0.25) is 9.59 Å². The highest BCUT2D eigenvalue weighted by Gasteiger charge is 2.37. The van der Waals surface area contributed by atoms with E-state index in [9.17, 15) is 9.59 Å². The maximum Gasteiger partial charge on any atom is 0.254 e. The van der Waals surface area contributed by atoms with E-state index in [0.29, 0.717) is 25.1 Å². The monoisotopic (exact) mass is 323 g/mol. The summed E-state index contributed by atoms with van der Waals surface area (Å²) in [6, 6.07) is 16.3. The third-order valence-corrected chi connectivity index (χ3v) is 4.47. The van der Waals surface area contributed by atoms with Gasteiger partial charge in [0, 0.05) is 31.4 Å². The molecule has 1 saturated heterocycles. The first-order valence-corrected chi connectivity index (χ1v) is 8.04. The molecule has 2 aromatic carbocycles. The minimum atomic E-state index is -0.424. The lowest BCUT2D eigenvalue weighted by Gasteiger charge is -2.24. The summed E-state index contributed by atoms with van der Waals surface area (Å²) >= 11 is 0. The SMILES string of the molecule is CN(C(=O)c1ccc(CN)cc1)C1CCN(c2ccccc2)C1=O. The molecule has 2 aromatic rings. The Morgan fingerprint density at radius 1 is 1.17 bits per heavy atom. The number of hydrogen-bond donors (Lipinski definition) is 1. The van der Waals surface area contributed by atoms with Crippen LogP contribution in [-0.2, 0) is 11.3 Å². The molecular formula is C19H21N3O2. The van der Waals surface area contributed by atoms with Crippen LogP contribution in [0.2, 0.25) is 0 Å². The van der Waals surface area contributed by atoms with Gasteiger partial charge in [-0.25, -0.2) is 0 Å². The fourth-order valence-electron chi connectivity index (χ4n) is 3.02. The van der Waals surface area contributed by atoms with Crippen LogP contribution in [0, 0.1) is 0 Å². The van der Waals surface area contributed by atoms with Gasteiger partial charge in [-0.05, 0) is 36.2 Å². The first-order valence-electron chi connectivity index (χ1n) is 8.04. The van der Waals surface area contributed by atoms with Crippen LogP contribution in [0.1, 0.15) is 22.3 Å². The van der Waals surface area contributed by atoms with E-state index in [0.717, 1.165) is 11.3 Å². The van der Waals surface area contributed by atoms with Crippen molar-refractivity contribution in [3.05, 3.63) is 65.7 Å². The average Bonchev–Trinajstić information content (AvgIpc) is 3.02. The highest BCUT2D eigenvalue weighted by molar-refractivity contribution is 6.03. The second-order valence-corrected chi connectivity index (χ2v) is 5.95. The van der Waals surface area contributed by atoms with Gasteiger partial charge in [0.1, 0.15) is 6.04 Å². The van der Waals surface area contributed by atoms with Crippen LogP contribution in [0.5, 0.6) is 0 Å². The van der Waals surface area contributed by atoms with Crippen LogP contribution < -0.4 is 10.6 Å². The van der Waals surface area contributed by atoms with Crippen molar-refractivity contribution in [2.24, 2.45) is 5.73 Å². The topological polar surface area (TPSA) is 66.6 Å². The molecule has 1 aliphatic rings. The van der Waals surface area contributed by atoms with Gasteiger partial charge in [-0.2, -0.15) is 0 Å². The number of benzene rings is 2. The van der Waals surface area contributed by atoms with Crippen molar-refractivity contribution < 1.29 is 9.59 Å². The van der Waals surface area contributed by atoms with E-state index in [-0.39, 0.29) is 11.8 Å². The van der Waals surface area contributed by atoms with Gasteiger partial charge >= 0.3 is 0 Å². The van der Waals surface area contributed by atoms with Crippen molar-refractivity contribution in [3.63, 3.8) is 0 Å². The van der Waals surface area contributed by atoms with E-state index in [2.05, 4.69) is 0 Å². The number of anilines is 1. The molecule has 0 aliphatic carbocycles. The molecule has 0 aromatic heterocycles. The van der Waals surface area contributed by atoms with Gasteiger partial charge in [0.2, 0.25) is 5.91 Å². The predicted molar refractivity (Wildman–Crippen MR) is 93.6 cm³/mol. The number of rotatable bonds is 4. The Labute approximate surface area is 141 Å². The van der Waals surface area contributed by atoms with Crippen LogP contribution in [-0.4, -0.2) is 36.3 Å². The molecule has 1 heterocycles. The van der Waals surface area contributed by atoms with E-state index < -0.39 is 6.04 Å². The molecule has 1 fully saturated rings. The summed E-state index contributed by atoms with van der Waals surface area (Å²) in [6.45, 7) is 1.06. The third kappa shape index (κ3) is 3.03. The number of carbonyl (C=O) groups excluding carboxylic acids is 2. The molecule has 1 aliphatic heterocycles. The summed E-state index contributed by atoms with van der Waals surface area (Å²) in [5, 5.41) is 0. The van der Waals surface area contributed by atoms with Crippen LogP contribution >= 0.6 is 0 Å². The van der Waals surface area contributed by atoms with E-state index in [1.807, 2.05) is 42.5 Å². The largest absolute Gasteiger partial charge is 0.330 e. The second kappa shape index (κ2) is 6.84. The summed E-state index contributed by atoms with van der Waals surface area (Å²) in [5.74, 6) is -0.178. The Balaban J connectivity index is 1.74. The zero-order chi connectivity index (χ0) is 17.1. The quantitative estimate of drug-likeness (QED) is 0.936. The van der Waals surface area contributed by atoms with Crippen molar-refractivity contribution in [3.8, 4) is 0 Å². The van der Waals surface area contributed by atoms with Crippen molar-refractivity contribution in [1.29, 1.82) is 0 Å². The summed E-state index contributed by atoms with van der Waals surface area (Å²) in [5.41, 5.74) is 8.00. The summed E-state index contributed by atoms with van der Waals surface area (Å²) in [6.07, 6.45) is 0.636. The zero-order valence-corrected chi connectivity index (χ0v) is 13.7. The van der Waals surface area contributed by atoms with Gasteiger partial charge in [0.15, 0.2) is 0 Å². The van der Waals surface area contributed by atoms with E-state index in [4.69, 9.17) is 5.73 Å². The van der Waals surface area contributed by atoms with Crippen molar-refractivity contribution >= 4 is 17.5 Å². The zero-order valence-electron chi connectivity index (χ0n) is 13.7. The molecule has 0 saturated carbocycles. The van der Waals surface area contributed by atoms with Crippen molar-refractivity contribution in [2.75, 3.05) is 18.5 Å². The molecular weight excluding hydrogens is 302 g/mol. The molecule has 1 unspecified atom stereocenters. The average molecular weight is 323 g/mol. The number of amides is 2. The molecule has 2 amide bonds. The maximum absolute atomic E-state index is 12.7. The Morgan fingerprint density at radius 2 is 1.83 bits per heavy atom. The Hall–Kier alpha value is -2.66. The van der Waals surface area contributed by atoms with Gasteiger partial charge in [0.05, 0.1) is 0 Å². The van der Waals surface area contributed by atoms with Crippen LogP contribution in [0.3, 0.4) is 0 Å². The smallest absolute Gasteiger partial charge is 0.254 e.